The highest BCUT2D eigenvalue weighted by atomic mass is 15.2. The number of piperidine rings is 1. The molecule has 0 aromatic heterocycles. The van der Waals surface area contributed by atoms with Crippen molar-refractivity contribution in [2.75, 3.05) is 7.05 Å². The van der Waals surface area contributed by atoms with Crippen molar-refractivity contribution in [3.8, 4) is 0 Å². The minimum Gasteiger partial charge on any atom is -0.297 e. The van der Waals surface area contributed by atoms with Crippen molar-refractivity contribution >= 4 is 0 Å². The summed E-state index contributed by atoms with van der Waals surface area (Å²) in [6, 6.07) is 1.47. The Kier molecular flexibility index (Phi) is 3.13. The number of hydrogen-bond acceptors (Lipinski definition) is 1. The second kappa shape index (κ2) is 3.91. The van der Waals surface area contributed by atoms with Crippen LogP contribution in [0, 0.1) is 0 Å². The number of nitrogens with zero attached hydrogens (tertiary/aromatic N) is 1. The van der Waals surface area contributed by atoms with Crippen LogP contribution >= 0.6 is 0 Å². The van der Waals surface area contributed by atoms with Gasteiger partial charge in [0, 0.05) is 12.1 Å². The fraction of sp³-hybridized carbons (Fsp3) is 0.800. The highest BCUT2D eigenvalue weighted by Crippen LogP contribution is 2.21. The van der Waals surface area contributed by atoms with Gasteiger partial charge in [0.15, 0.2) is 0 Å². The van der Waals surface area contributed by atoms with Crippen LogP contribution in [0.3, 0.4) is 0 Å². The quantitative estimate of drug-likeness (QED) is 0.523. The highest BCUT2D eigenvalue weighted by molar-refractivity contribution is 4.95. The Hall–Kier alpha value is -0.300. The van der Waals surface area contributed by atoms with Gasteiger partial charge in [-0.25, -0.2) is 0 Å². The lowest BCUT2D eigenvalue weighted by Crippen LogP contribution is -2.41. The summed E-state index contributed by atoms with van der Waals surface area (Å²) >= 11 is 0. The lowest BCUT2D eigenvalue weighted by atomic mass is 9.97. The molecule has 1 rings (SSSR count). The third kappa shape index (κ3) is 2.06. The molecule has 0 saturated carbocycles. The van der Waals surface area contributed by atoms with E-state index in [2.05, 4.69) is 37.9 Å². The first-order valence-electron chi connectivity index (χ1n) is 4.60. The van der Waals surface area contributed by atoms with Crippen LogP contribution in [0.25, 0.3) is 0 Å². The Labute approximate surface area is 70.1 Å². The van der Waals surface area contributed by atoms with Gasteiger partial charge in [0.1, 0.15) is 0 Å². The lowest BCUT2D eigenvalue weighted by molar-refractivity contribution is 0.155. The van der Waals surface area contributed by atoms with Gasteiger partial charge >= 0.3 is 0 Å². The molecule has 1 aliphatic heterocycles. The van der Waals surface area contributed by atoms with Crippen molar-refractivity contribution < 1.29 is 0 Å². The SMILES string of the molecule is C/C=C/[C@H]1CCC[C@@H](C)N1C. The largest absolute Gasteiger partial charge is 0.297 e. The zero-order valence-corrected chi connectivity index (χ0v) is 7.88. The van der Waals surface area contributed by atoms with Gasteiger partial charge in [-0.3, -0.25) is 4.90 Å². The van der Waals surface area contributed by atoms with Crippen LogP contribution in [0.4, 0.5) is 0 Å². The van der Waals surface area contributed by atoms with Gasteiger partial charge in [-0.2, -0.15) is 0 Å². The summed E-state index contributed by atoms with van der Waals surface area (Å²) < 4.78 is 0. The Bertz CT molecular complexity index is 140. The van der Waals surface area contributed by atoms with E-state index >= 15 is 0 Å². The molecular weight excluding hydrogens is 134 g/mol. The van der Waals surface area contributed by atoms with Crippen LogP contribution in [-0.2, 0) is 0 Å². The maximum absolute atomic E-state index is 2.48. The monoisotopic (exact) mass is 153 g/mol. The standard InChI is InChI=1S/C10H19N/c1-4-6-10-8-5-7-9(2)11(10)3/h4,6,9-10H,5,7-8H2,1-3H3/b6-4+/t9-,10+/m1/s1. The maximum Gasteiger partial charge on any atom is 0.0277 e. The van der Waals surface area contributed by atoms with E-state index in [1.54, 1.807) is 0 Å². The van der Waals surface area contributed by atoms with Crippen LogP contribution in [0.15, 0.2) is 12.2 Å². The predicted octanol–water partition coefficient (Wildman–Crippen LogP) is 2.44. The second-order valence-corrected chi connectivity index (χ2v) is 3.54. The summed E-state index contributed by atoms with van der Waals surface area (Å²) in [6.07, 6.45) is 8.57. The number of hydrogen-bond donors (Lipinski definition) is 0. The molecule has 0 spiro atoms. The number of likely N-dealkylation sites (tertiary alicyclic amines) is 1. The van der Waals surface area contributed by atoms with Gasteiger partial charge in [-0.15, -0.1) is 0 Å². The van der Waals surface area contributed by atoms with Crippen LogP contribution in [0.5, 0.6) is 0 Å². The normalized spacial score (nSPS) is 34.8. The molecule has 1 heterocycles. The van der Waals surface area contributed by atoms with Crippen molar-refractivity contribution in [1.82, 2.24) is 4.90 Å². The molecular formula is C10H19N. The summed E-state index contributed by atoms with van der Waals surface area (Å²) in [4.78, 5) is 2.48. The fourth-order valence-electron chi connectivity index (χ4n) is 1.81. The minimum atomic E-state index is 0.698. The first-order valence-corrected chi connectivity index (χ1v) is 4.60. The van der Waals surface area contributed by atoms with Gasteiger partial charge in [0.25, 0.3) is 0 Å². The van der Waals surface area contributed by atoms with E-state index < -0.39 is 0 Å². The van der Waals surface area contributed by atoms with Gasteiger partial charge in [-0.1, -0.05) is 18.6 Å². The third-order valence-electron chi connectivity index (χ3n) is 2.75. The molecule has 1 saturated heterocycles. The zero-order chi connectivity index (χ0) is 8.27. The molecule has 2 atom stereocenters. The van der Waals surface area contributed by atoms with E-state index in [1.165, 1.54) is 19.3 Å². The van der Waals surface area contributed by atoms with Crippen molar-refractivity contribution in [2.45, 2.75) is 45.2 Å². The van der Waals surface area contributed by atoms with Crippen LogP contribution in [0.1, 0.15) is 33.1 Å². The molecule has 0 bridgehead atoms. The third-order valence-corrected chi connectivity index (χ3v) is 2.75. The summed E-state index contributed by atoms with van der Waals surface area (Å²) in [7, 11) is 2.23. The molecule has 1 heteroatoms. The fourth-order valence-corrected chi connectivity index (χ4v) is 1.81. The molecule has 11 heavy (non-hydrogen) atoms. The molecule has 1 fully saturated rings. The van der Waals surface area contributed by atoms with E-state index in [9.17, 15) is 0 Å². The van der Waals surface area contributed by atoms with Crippen molar-refractivity contribution in [2.24, 2.45) is 0 Å². The molecule has 0 aliphatic carbocycles. The van der Waals surface area contributed by atoms with Gasteiger partial charge in [0.2, 0.25) is 0 Å². The van der Waals surface area contributed by atoms with Crippen molar-refractivity contribution in [3.63, 3.8) is 0 Å². The first-order chi connectivity index (χ1) is 5.25. The predicted molar refractivity (Wildman–Crippen MR) is 49.7 cm³/mol. The Balaban J connectivity index is 2.51. The van der Waals surface area contributed by atoms with Crippen LogP contribution in [0.2, 0.25) is 0 Å². The van der Waals surface area contributed by atoms with Crippen molar-refractivity contribution in [1.29, 1.82) is 0 Å². The Morgan fingerprint density at radius 1 is 1.36 bits per heavy atom. The van der Waals surface area contributed by atoms with E-state index in [0.29, 0.717) is 6.04 Å². The zero-order valence-electron chi connectivity index (χ0n) is 7.88. The molecule has 0 aromatic rings. The Morgan fingerprint density at radius 3 is 2.73 bits per heavy atom. The average Bonchev–Trinajstić information content (AvgIpc) is 1.99. The van der Waals surface area contributed by atoms with Gasteiger partial charge in [0.05, 0.1) is 0 Å². The molecule has 64 valence electrons. The maximum atomic E-state index is 2.48. The smallest absolute Gasteiger partial charge is 0.0277 e. The molecule has 0 aromatic carbocycles. The van der Waals surface area contributed by atoms with E-state index in [0.717, 1.165) is 6.04 Å². The molecule has 1 nitrogen and oxygen atoms in total. The molecule has 1 aliphatic rings. The summed E-state index contributed by atoms with van der Waals surface area (Å²) in [5.41, 5.74) is 0. The Morgan fingerprint density at radius 2 is 2.09 bits per heavy atom. The number of allylic oxidation sites excluding steroid dienone is 1. The minimum absolute atomic E-state index is 0.698. The van der Waals surface area contributed by atoms with E-state index in [-0.39, 0.29) is 0 Å². The van der Waals surface area contributed by atoms with Crippen LogP contribution in [-0.4, -0.2) is 24.0 Å². The second-order valence-electron chi connectivity index (χ2n) is 3.54. The highest BCUT2D eigenvalue weighted by Gasteiger charge is 2.21. The first kappa shape index (κ1) is 8.79. The number of rotatable bonds is 1. The van der Waals surface area contributed by atoms with Crippen molar-refractivity contribution in [3.05, 3.63) is 12.2 Å². The van der Waals surface area contributed by atoms with Gasteiger partial charge < -0.3 is 0 Å². The number of likely N-dealkylation sites (N-methyl/N-ethyl adjacent to an activating group) is 1. The van der Waals surface area contributed by atoms with Crippen LogP contribution < -0.4 is 0 Å². The lowest BCUT2D eigenvalue weighted by Gasteiger charge is -2.36. The summed E-state index contributed by atoms with van der Waals surface area (Å²) in [5.74, 6) is 0. The average molecular weight is 153 g/mol. The molecule has 0 radical (unpaired) electrons. The van der Waals surface area contributed by atoms with E-state index in [1.807, 2.05) is 0 Å². The van der Waals surface area contributed by atoms with E-state index in [4.69, 9.17) is 0 Å². The molecule has 0 unspecified atom stereocenters. The summed E-state index contributed by atoms with van der Waals surface area (Å²) in [5, 5.41) is 0. The molecule has 0 N–H and O–H groups in total. The summed E-state index contributed by atoms with van der Waals surface area (Å²) in [6.45, 7) is 4.42. The topological polar surface area (TPSA) is 3.24 Å². The molecule has 0 amide bonds. The van der Waals surface area contributed by atoms with Gasteiger partial charge in [-0.05, 0) is 33.7 Å².